The Morgan fingerprint density at radius 3 is 2.73 bits per heavy atom. The summed E-state index contributed by atoms with van der Waals surface area (Å²) >= 11 is 0. The van der Waals surface area contributed by atoms with E-state index in [0.29, 0.717) is 11.3 Å². The third kappa shape index (κ3) is 3.12. The quantitative estimate of drug-likeness (QED) is 0.552. The number of carbonyl (C=O) groups is 2. The minimum atomic E-state index is -0.496. The number of hydrogen-bond donors (Lipinski definition) is 2. The number of carbonyl (C=O) groups excluding carboxylic acids is 2. The van der Waals surface area contributed by atoms with E-state index >= 15 is 0 Å². The molecule has 2 amide bonds. The van der Waals surface area contributed by atoms with Crippen LogP contribution >= 0.6 is 0 Å². The molecule has 0 saturated heterocycles. The topological polar surface area (TPSA) is 82.0 Å². The van der Waals surface area contributed by atoms with Crippen LogP contribution in [0.4, 0.5) is 5.69 Å². The maximum atomic E-state index is 11.2. The van der Waals surface area contributed by atoms with Crippen LogP contribution in [0.25, 0.3) is 0 Å². The Balaban J connectivity index is 2.88. The van der Waals surface area contributed by atoms with Gasteiger partial charge in [-0.2, -0.15) is 5.26 Å². The molecule has 0 aliphatic rings. The van der Waals surface area contributed by atoms with E-state index < -0.39 is 5.91 Å². The molecule has 0 saturated carbocycles. The van der Waals surface area contributed by atoms with Crippen LogP contribution in [0.5, 0.6) is 0 Å². The molecule has 0 aliphatic heterocycles. The molecule has 2 N–H and O–H groups in total. The molecular weight excluding hydrogens is 194 g/mol. The Bertz CT molecular complexity index is 435. The summed E-state index contributed by atoms with van der Waals surface area (Å²) in [6.45, 7) is 1.38. The van der Waals surface area contributed by atoms with Crippen molar-refractivity contribution < 1.29 is 9.59 Å². The first-order chi connectivity index (χ1) is 7.13. The van der Waals surface area contributed by atoms with Gasteiger partial charge in [0.2, 0.25) is 5.91 Å². The lowest BCUT2D eigenvalue weighted by atomic mass is 10.2. The van der Waals surface area contributed by atoms with Crippen LogP contribution in [-0.4, -0.2) is 11.8 Å². The molecule has 0 unspecified atom stereocenters. The van der Waals surface area contributed by atoms with Gasteiger partial charge in [-0.15, -0.1) is 0 Å². The molecule has 0 spiro atoms. The predicted molar refractivity (Wildman–Crippen MR) is 53.8 cm³/mol. The Labute approximate surface area is 86.7 Å². The molecule has 1 aromatic rings. The predicted octanol–water partition coefficient (Wildman–Crippen LogP) is 0.856. The van der Waals surface area contributed by atoms with Gasteiger partial charge in [0.05, 0.1) is 0 Å². The smallest absolute Gasteiger partial charge is 0.264 e. The number of nitrogens with one attached hydrogen (secondary N) is 2. The van der Waals surface area contributed by atoms with Gasteiger partial charge >= 0.3 is 0 Å². The fraction of sp³-hybridized carbons (Fsp3) is 0.100. The van der Waals surface area contributed by atoms with Gasteiger partial charge in [0, 0.05) is 18.2 Å². The first-order valence-corrected chi connectivity index (χ1v) is 4.20. The summed E-state index contributed by atoms with van der Waals surface area (Å²) < 4.78 is 0. The van der Waals surface area contributed by atoms with Gasteiger partial charge in [0.1, 0.15) is 0 Å². The first kappa shape index (κ1) is 10.7. The Kier molecular flexibility index (Phi) is 3.41. The van der Waals surface area contributed by atoms with E-state index in [1.54, 1.807) is 18.2 Å². The van der Waals surface area contributed by atoms with Crippen molar-refractivity contribution in [3.8, 4) is 6.19 Å². The molecule has 0 radical (unpaired) electrons. The van der Waals surface area contributed by atoms with Crippen LogP contribution in [-0.2, 0) is 4.79 Å². The van der Waals surface area contributed by atoms with E-state index in [0.717, 1.165) is 0 Å². The number of rotatable bonds is 2. The molecule has 0 heterocycles. The van der Waals surface area contributed by atoms with E-state index in [9.17, 15) is 9.59 Å². The minimum absolute atomic E-state index is 0.215. The molecule has 0 fully saturated rings. The number of nitriles is 1. The average molecular weight is 203 g/mol. The third-order valence-corrected chi connectivity index (χ3v) is 1.61. The number of anilines is 1. The van der Waals surface area contributed by atoms with E-state index in [1.165, 1.54) is 19.2 Å². The van der Waals surface area contributed by atoms with Gasteiger partial charge < -0.3 is 5.32 Å². The van der Waals surface area contributed by atoms with Gasteiger partial charge in [-0.1, -0.05) is 6.07 Å². The first-order valence-electron chi connectivity index (χ1n) is 4.20. The average Bonchev–Trinajstić information content (AvgIpc) is 2.17. The minimum Gasteiger partial charge on any atom is -0.326 e. The SMILES string of the molecule is CC(=O)Nc1cccc(C(=O)NC#N)c1. The second kappa shape index (κ2) is 4.77. The van der Waals surface area contributed by atoms with Crippen molar-refractivity contribution in [1.29, 1.82) is 5.26 Å². The van der Waals surface area contributed by atoms with Gasteiger partial charge in [-0.25, -0.2) is 0 Å². The van der Waals surface area contributed by atoms with Crippen molar-refractivity contribution in [2.45, 2.75) is 6.92 Å². The fourth-order valence-electron chi connectivity index (χ4n) is 1.06. The van der Waals surface area contributed by atoms with Crippen LogP contribution in [0.2, 0.25) is 0 Å². The highest BCUT2D eigenvalue weighted by Crippen LogP contribution is 2.10. The molecule has 0 bridgehead atoms. The van der Waals surface area contributed by atoms with Gasteiger partial charge in [0.25, 0.3) is 5.91 Å². The van der Waals surface area contributed by atoms with Crippen molar-refractivity contribution in [3.05, 3.63) is 29.8 Å². The monoisotopic (exact) mass is 203 g/mol. The summed E-state index contributed by atoms with van der Waals surface area (Å²) in [5, 5.41) is 12.8. The number of nitrogens with zero attached hydrogens (tertiary/aromatic N) is 1. The van der Waals surface area contributed by atoms with Gasteiger partial charge in [-0.3, -0.25) is 14.9 Å². The van der Waals surface area contributed by atoms with Gasteiger partial charge in [-0.05, 0) is 18.2 Å². The third-order valence-electron chi connectivity index (χ3n) is 1.61. The van der Waals surface area contributed by atoms with Crippen molar-refractivity contribution in [2.75, 3.05) is 5.32 Å². The van der Waals surface area contributed by atoms with Crippen molar-refractivity contribution in [1.82, 2.24) is 5.32 Å². The highest BCUT2D eigenvalue weighted by atomic mass is 16.2. The van der Waals surface area contributed by atoms with E-state index in [-0.39, 0.29) is 5.91 Å². The molecular formula is C10H9N3O2. The fourth-order valence-corrected chi connectivity index (χ4v) is 1.06. The van der Waals surface area contributed by atoms with Crippen LogP contribution in [0.3, 0.4) is 0 Å². The Morgan fingerprint density at radius 2 is 2.13 bits per heavy atom. The maximum Gasteiger partial charge on any atom is 0.264 e. The van der Waals surface area contributed by atoms with Crippen molar-refractivity contribution in [2.24, 2.45) is 0 Å². The number of hydrogen-bond acceptors (Lipinski definition) is 3. The lowest BCUT2D eigenvalue weighted by molar-refractivity contribution is -0.114. The van der Waals surface area contributed by atoms with Crippen molar-refractivity contribution in [3.63, 3.8) is 0 Å². The molecule has 0 aliphatic carbocycles. The van der Waals surface area contributed by atoms with E-state index in [2.05, 4.69) is 5.32 Å². The summed E-state index contributed by atoms with van der Waals surface area (Å²) in [7, 11) is 0. The summed E-state index contributed by atoms with van der Waals surface area (Å²) in [6.07, 6.45) is 1.54. The summed E-state index contributed by atoms with van der Waals surface area (Å²) in [4.78, 5) is 22.0. The molecule has 5 nitrogen and oxygen atoms in total. The van der Waals surface area contributed by atoms with Crippen LogP contribution in [0.15, 0.2) is 24.3 Å². The lowest BCUT2D eigenvalue weighted by Crippen LogP contribution is -2.17. The van der Waals surface area contributed by atoms with Crippen LogP contribution < -0.4 is 10.6 Å². The van der Waals surface area contributed by atoms with E-state index in [1.807, 2.05) is 5.32 Å². The molecule has 15 heavy (non-hydrogen) atoms. The molecule has 5 heteroatoms. The van der Waals surface area contributed by atoms with Crippen LogP contribution in [0.1, 0.15) is 17.3 Å². The highest BCUT2D eigenvalue weighted by molar-refractivity contribution is 5.97. The Hall–Kier alpha value is -2.35. The summed E-state index contributed by atoms with van der Waals surface area (Å²) in [5.74, 6) is -0.711. The number of benzene rings is 1. The second-order valence-corrected chi connectivity index (χ2v) is 2.83. The molecule has 0 atom stereocenters. The largest absolute Gasteiger partial charge is 0.326 e. The molecule has 1 rings (SSSR count). The normalized spacial score (nSPS) is 8.80. The molecule has 0 aromatic heterocycles. The van der Waals surface area contributed by atoms with Gasteiger partial charge in [0.15, 0.2) is 6.19 Å². The zero-order chi connectivity index (χ0) is 11.3. The Morgan fingerprint density at radius 1 is 1.40 bits per heavy atom. The number of amides is 2. The lowest BCUT2D eigenvalue weighted by Gasteiger charge is -2.03. The van der Waals surface area contributed by atoms with E-state index in [4.69, 9.17) is 5.26 Å². The standard InChI is InChI=1S/C10H9N3O2/c1-7(14)13-9-4-2-3-8(5-9)10(15)12-6-11/h2-5H,1H3,(H,12,15)(H,13,14). The molecule has 76 valence electrons. The summed E-state index contributed by atoms with van der Waals surface area (Å²) in [5.41, 5.74) is 0.843. The zero-order valence-corrected chi connectivity index (χ0v) is 8.07. The summed E-state index contributed by atoms with van der Waals surface area (Å²) in [6, 6.07) is 6.33. The highest BCUT2D eigenvalue weighted by Gasteiger charge is 2.05. The molecule has 1 aromatic carbocycles. The second-order valence-electron chi connectivity index (χ2n) is 2.83. The van der Waals surface area contributed by atoms with Crippen LogP contribution in [0, 0.1) is 11.5 Å². The zero-order valence-electron chi connectivity index (χ0n) is 8.07. The van der Waals surface area contributed by atoms with Crippen molar-refractivity contribution >= 4 is 17.5 Å². The maximum absolute atomic E-state index is 11.2.